The average molecular weight is 266 g/mol. The fourth-order valence-electron chi connectivity index (χ4n) is 2.90. The van der Waals surface area contributed by atoms with E-state index in [1.54, 1.807) is 6.07 Å². The van der Waals surface area contributed by atoms with Gasteiger partial charge in [0.05, 0.1) is 4.92 Å². The number of nitrogens with zero attached hydrogens (tertiary/aromatic N) is 1. The van der Waals surface area contributed by atoms with Gasteiger partial charge in [0.2, 0.25) is 5.82 Å². The summed E-state index contributed by atoms with van der Waals surface area (Å²) in [6, 6.07) is 4.37. The normalized spacial score (nSPS) is 27.0. The summed E-state index contributed by atoms with van der Waals surface area (Å²) in [4.78, 5) is 10.3. The van der Waals surface area contributed by atoms with Crippen LogP contribution in [0, 0.1) is 27.8 Å². The number of benzene rings is 1. The summed E-state index contributed by atoms with van der Waals surface area (Å²) in [5.41, 5.74) is -0.162. The Bertz CT molecular complexity index is 479. The summed E-state index contributed by atoms with van der Waals surface area (Å²) in [7, 11) is 0. The van der Waals surface area contributed by atoms with Crippen LogP contribution in [0.1, 0.15) is 33.1 Å². The van der Waals surface area contributed by atoms with Gasteiger partial charge in [-0.05, 0) is 43.2 Å². The predicted molar refractivity (Wildman–Crippen MR) is 72.6 cm³/mol. The van der Waals surface area contributed by atoms with Crippen LogP contribution in [-0.4, -0.2) is 11.0 Å². The van der Waals surface area contributed by atoms with Gasteiger partial charge in [0.25, 0.3) is 0 Å². The molecule has 0 radical (unpaired) electrons. The van der Waals surface area contributed by atoms with Crippen molar-refractivity contribution in [2.24, 2.45) is 11.8 Å². The van der Waals surface area contributed by atoms with Crippen molar-refractivity contribution in [3.8, 4) is 0 Å². The Kier molecular flexibility index (Phi) is 4.02. The zero-order valence-corrected chi connectivity index (χ0v) is 11.2. The van der Waals surface area contributed by atoms with E-state index in [9.17, 15) is 14.5 Å². The molecule has 4 nitrogen and oxygen atoms in total. The summed E-state index contributed by atoms with van der Waals surface area (Å²) in [5, 5.41) is 14.1. The zero-order chi connectivity index (χ0) is 14.0. The summed E-state index contributed by atoms with van der Waals surface area (Å²) >= 11 is 0. The summed E-state index contributed by atoms with van der Waals surface area (Å²) in [5.74, 6) is 0.342. The third-order valence-electron chi connectivity index (χ3n) is 3.94. The van der Waals surface area contributed by atoms with Crippen LogP contribution < -0.4 is 5.32 Å². The molecule has 3 unspecified atom stereocenters. The van der Waals surface area contributed by atoms with E-state index in [1.165, 1.54) is 6.07 Å². The first-order valence-electron chi connectivity index (χ1n) is 6.68. The first kappa shape index (κ1) is 13.8. The Morgan fingerprint density at radius 3 is 2.74 bits per heavy atom. The van der Waals surface area contributed by atoms with Crippen molar-refractivity contribution in [2.45, 2.75) is 39.2 Å². The highest BCUT2D eigenvalue weighted by Crippen LogP contribution is 2.34. The molecule has 2 rings (SSSR count). The second-order valence-corrected chi connectivity index (χ2v) is 5.54. The van der Waals surface area contributed by atoms with Gasteiger partial charge in [-0.1, -0.05) is 19.9 Å². The Balaban J connectivity index is 2.19. The maximum Gasteiger partial charge on any atom is 0.327 e. The zero-order valence-electron chi connectivity index (χ0n) is 11.2. The van der Waals surface area contributed by atoms with Gasteiger partial charge in [-0.3, -0.25) is 10.1 Å². The van der Waals surface area contributed by atoms with Crippen molar-refractivity contribution in [2.75, 3.05) is 5.32 Å². The van der Waals surface area contributed by atoms with E-state index < -0.39 is 16.4 Å². The Morgan fingerprint density at radius 1 is 1.37 bits per heavy atom. The molecule has 0 saturated heterocycles. The minimum absolute atomic E-state index is 0.177. The minimum Gasteiger partial charge on any atom is -0.376 e. The molecule has 0 spiro atoms. The highest BCUT2D eigenvalue weighted by Gasteiger charge is 2.28. The van der Waals surface area contributed by atoms with E-state index >= 15 is 0 Å². The molecule has 3 atom stereocenters. The molecule has 1 fully saturated rings. The molecule has 0 amide bonds. The first-order chi connectivity index (χ1) is 8.99. The van der Waals surface area contributed by atoms with Crippen LogP contribution in [0.2, 0.25) is 0 Å². The highest BCUT2D eigenvalue weighted by molar-refractivity contribution is 5.62. The number of rotatable bonds is 3. The minimum atomic E-state index is -0.785. The number of hydrogen-bond donors (Lipinski definition) is 1. The maximum atomic E-state index is 13.5. The second kappa shape index (κ2) is 5.55. The van der Waals surface area contributed by atoms with Gasteiger partial charge in [-0.15, -0.1) is 0 Å². The van der Waals surface area contributed by atoms with Crippen LogP contribution in [0.5, 0.6) is 0 Å². The monoisotopic (exact) mass is 266 g/mol. The summed E-state index contributed by atoms with van der Waals surface area (Å²) in [6.45, 7) is 4.36. The van der Waals surface area contributed by atoms with E-state index in [4.69, 9.17) is 0 Å². The lowest BCUT2D eigenvalue weighted by atomic mass is 9.80. The van der Waals surface area contributed by atoms with E-state index in [1.807, 2.05) is 0 Å². The first-order valence-corrected chi connectivity index (χ1v) is 6.68. The molecule has 0 heterocycles. The third-order valence-corrected chi connectivity index (χ3v) is 3.94. The molecule has 1 saturated carbocycles. The molecule has 1 aliphatic rings. The molecule has 1 aliphatic carbocycles. The van der Waals surface area contributed by atoms with Crippen LogP contribution in [0.3, 0.4) is 0 Å². The highest BCUT2D eigenvalue weighted by atomic mass is 19.1. The lowest BCUT2D eigenvalue weighted by Crippen LogP contribution is -2.33. The molecular weight excluding hydrogens is 247 g/mol. The standard InChI is InChI=1S/C14H19FN2O2/c1-9-6-7-12(10(2)8-9)16-13-5-3-4-11(15)14(13)17(18)19/h3-5,9-10,12,16H,6-8H2,1-2H3. The van der Waals surface area contributed by atoms with Crippen molar-refractivity contribution < 1.29 is 9.31 Å². The smallest absolute Gasteiger partial charge is 0.327 e. The van der Waals surface area contributed by atoms with E-state index in [0.717, 1.165) is 25.3 Å². The molecule has 1 aromatic carbocycles. The van der Waals surface area contributed by atoms with Gasteiger partial charge in [0, 0.05) is 6.04 Å². The molecule has 0 aromatic heterocycles. The Hall–Kier alpha value is -1.65. The fraction of sp³-hybridized carbons (Fsp3) is 0.571. The van der Waals surface area contributed by atoms with Crippen molar-refractivity contribution in [3.63, 3.8) is 0 Å². The van der Waals surface area contributed by atoms with Gasteiger partial charge in [-0.2, -0.15) is 4.39 Å². The van der Waals surface area contributed by atoms with Crippen LogP contribution >= 0.6 is 0 Å². The van der Waals surface area contributed by atoms with Gasteiger partial charge < -0.3 is 5.32 Å². The largest absolute Gasteiger partial charge is 0.376 e. The molecule has 1 aromatic rings. The number of para-hydroxylation sites is 1. The Labute approximate surface area is 112 Å². The quantitative estimate of drug-likeness (QED) is 0.665. The van der Waals surface area contributed by atoms with Crippen molar-refractivity contribution >= 4 is 11.4 Å². The van der Waals surface area contributed by atoms with Crippen molar-refractivity contribution in [3.05, 3.63) is 34.1 Å². The van der Waals surface area contributed by atoms with Gasteiger partial charge in [0.15, 0.2) is 0 Å². The second-order valence-electron chi connectivity index (χ2n) is 5.54. The lowest BCUT2D eigenvalue weighted by molar-refractivity contribution is -0.386. The molecule has 19 heavy (non-hydrogen) atoms. The van der Waals surface area contributed by atoms with E-state index in [-0.39, 0.29) is 11.7 Å². The number of nitro groups is 1. The van der Waals surface area contributed by atoms with Crippen molar-refractivity contribution in [1.82, 2.24) is 0 Å². The number of nitro benzene ring substituents is 1. The SMILES string of the molecule is CC1CCC(Nc2cccc(F)c2[N+](=O)[O-])C(C)C1. The molecule has 5 heteroatoms. The summed E-state index contributed by atoms with van der Waals surface area (Å²) in [6.07, 6.45) is 3.17. The van der Waals surface area contributed by atoms with Gasteiger partial charge >= 0.3 is 5.69 Å². The predicted octanol–water partition coefficient (Wildman–Crippen LogP) is 3.97. The molecular formula is C14H19FN2O2. The lowest BCUT2D eigenvalue weighted by Gasteiger charge is -2.33. The van der Waals surface area contributed by atoms with Gasteiger partial charge in [0.1, 0.15) is 5.69 Å². The number of anilines is 1. The van der Waals surface area contributed by atoms with Crippen LogP contribution in [0.15, 0.2) is 18.2 Å². The summed E-state index contributed by atoms with van der Waals surface area (Å²) < 4.78 is 13.5. The fourth-order valence-corrected chi connectivity index (χ4v) is 2.90. The van der Waals surface area contributed by atoms with E-state index in [0.29, 0.717) is 11.8 Å². The van der Waals surface area contributed by atoms with Crippen LogP contribution in [0.4, 0.5) is 15.8 Å². The number of hydrogen-bond acceptors (Lipinski definition) is 3. The topological polar surface area (TPSA) is 55.2 Å². The molecule has 104 valence electrons. The average Bonchev–Trinajstić information content (AvgIpc) is 2.32. The maximum absolute atomic E-state index is 13.5. The number of halogens is 1. The molecule has 0 aliphatic heterocycles. The number of nitrogens with one attached hydrogen (secondary N) is 1. The molecule has 0 bridgehead atoms. The third kappa shape index (κ3) is 3.03. The van der Waals surface area contributed by atoms with Gasteiger partial charge in [-0.25, -0.2) is 0 Å². The molecule has 1 N–H and O–H groups in total. The van der Waals surface area contributed by atoms with E-state index in [2.05, 4.69) is 19.2 Å². The van der Waals surface area contributed by atoms with Crippen LogP contribution in [-0.2, 0) is 0 Å². The Morgan fingerprint density at radius 2 is 2.11 bits per heavy atom. The van der Waals surface area contributed by atoms with Crippen LogP contribution in [0.25, 0.3) is 0 Å². The van der Waals surface area contributed by atoms with Crippen molar-refractivity contribution in [1.29, 1.82) is 0 Å².